The molecule has 0 bridgehead atoms. The first-order chi connectivity index (χ1) is 6.99. The number of carbonyl (C=O) groups excluding carboxylic acids is 1. The van der Waals surface area contributed by atoms with Crippen molar-refractivity contribution in [2.45, 2.75) is 6.04 Å². The Kier molecular flexibility index (Phi) is 5.26. The standard InChI is InChI=1S/C9H8F3NO2.ClH/c1-15-9(14)8(13)4-2-3-5(10)7(12)6(4)11;/h2-3,8H,13H2,1H3;1H/t8-;/m1./s1. The summed E-state index contributed by atoms with van der Waals surface area (Å²) in [5.41, 5.74) is 4.82. The zero-order valence-corrected chi connectivity index (χ0v) is 8.98. The van der Waals surface area contributed by atoms with Crippen molar-refractivity contribution >= 4 is 18.4 Å². The monoisotopic (exact) mass is 255 g/mol. The van der Waals surface area contributed by atoms with Crippen LogP contribution < -0.4 is 5.73 Å². The van der Waals surface area contributed by atoms with E-state index in [1.165, 1.54) is 0 Å². The molecule has 0 fully saturated rings. The summed E-state index contributed by atoms with van der Waals surface area (Å²) in [5, 5.41) is 0. The van der Waals surface area contributed by atoms with Gasteiger partial charge in [0, 0.05) is 5.56 Å². The predicted octanol–water partition coefficient (Wildman–Crippen LogP) is 1.70. The average molecular weight is 256 g/mol. The molecule has 0 heterocycles. The van der Waals surface area contributed by atoms with Gasteiger partial charge >= 0.3 is 5.97 Å². The van der Waals surface area contributed by atoms with Crippen molar-refractivity contribution in [3.63, 3.8) is 0 Å². The van der Waals surface area contributed by atoms with E-state index in [1.807, 2.05) is 0 Å². The van der Waals surface area contributed by atoms with Crippen molar-refractivity contribution < 1.29 is 22.7 Å². The minimum Gasteiger partial charge on any atom is -0.468 e. The maximum atomic E-state index is 13.1. The normalized spacial score (nSPS) is 11.6. The van der Waals surface area contributed by atoms with Gasteiger partial charge in [0.15, 0.2) is 17.5 Å². The second-order valence-electron chi connectivity index (χ2n) is 2.77. The van der Waals surface area contributed by atoms with Gasteiger partial charge in [0.25, 0.3) is 0 Å². The number of nitrogens with two attached hydrogens (primary N) is 1. The van der Waals surface area contributed by atoms with E-state index >= 15 is 0 Å². The van der Waals surface area contributed by atoms with E-state index < -0.39 is 35.0 Å². The van der Waals surface area contributed by atoms with Gasteiger partial charge in [-0.15, -0.1) is 12.4 Å². The van der Waals surface area contributed by atoms with Crippen molar-refractivity contribution in [2.24, 2.45) is 5.73 Å². The van der Waals surface area contributed by atoms with Crippen LogP contribution in [-0.2, 0) is 9.53 Å². The number of hydrogen-bond acceptors (Lipinski definition) is 3. The Morgan fingerprint density at radius 2 is 1.88 bits per heavy atom. The van der Waals surface area contributed by atoms with E-state index in [2.05, 4.69) is 4.74 Å². The van der Waals surface area contributed by atoms with Crippen molar-refractivity contribution in [3.8, 4) is 0 Å². The Morgan fingerprint density at radius 3 is 2.38 bits per heavy atom. The van der Waals surface area contributed by atoms with Crippen LogP contribution in [-0.4, -0.2) is 13.1 Å². The Bertz CT molecular complexity index is 401. The van der Waals surface area contributed by atoms with E-state index in [1.54, 1.807) is 0 Å². The molecule has 0 aliphatic rings. The summed E-state index contributed by atoms with van der Waals surface area (Å²) in [7, 11) is 1.06. The first-order valence-electron chi connectivity index (χ1n) is 3.95. The third-order valence-corrected chi connectivity index (χ3v) is 1.86. The van der Waals surface area contributed by atoms with E-state index in [9.17, 15) is 18.0 Å². The molecule has 1 atom stereocenters. The summed E-state index contributed by atoms with van der Waals surface area (Å²) in [4.78, 5) is 10.9. The zero-order chi connectivity index (χ0) is 11.6. The number of rotatable bonds is 2. The Labute approximate surface area is 95.8 Å². The molecule has 0 aliphatic heterocycles. The molecule has 0 aliphatic carbocycles. The highest BCUT2D eigenvalue weighted by Crippen LogP contribution is 2.20. The largest absolute Gasteiger partial charge is 0.468 e. The van der Waals surface area contributed by atoms with Gasteiger partial charge in [0.2, 0.25) is 0 Å². The summed E-state index contributed by atoms with van der Waals surface area (Å²) >= 11 is 0. The Balaban J connectivity index is 0.00000225. The van der Waals surface area contributed by atoms with Crippen molar-refractivity contribution in [2.75, 3.05) is 7.11 Å². The first kappa shape index (κ1) is 14.7. The number of methoxy groups -OCH3 is 1. The van der Waals surface area contributed by atoms with Gasteiger partial charge in [-0.25, -0.2) is 13.2 Å². The highest BCUT2D eigenvalue weighted by Gasteiger charge is 2.23. The topological polar surface area (TPSA) is 52.3 Å². The summed E-state index contributed by atoms with van der Waals surface area (Å²) < 4.78 is 42.6. The summed E-state index contributed by atoms with van der Waals surface area (Å²) in [5.74, 6) is -5.41. The molecule has 0 spiro atoms. The lowest BCUT2D eigenvalue weighted by Gasteiger charge is -2.10. The lowest BCUT2D eigenvalue weighted by atomic mass is 10.1. The molecule has 0 amide bonds. The molecule has 0 aromatic heterocycles. The minimum atomic E-state index is -1.66. The third kappa shape index (κ3) is 2.65. The van der Waals surface area contributed by atoms with Gasteiger partial charge in [0.1, 0.15) is 6.04 Å². The van der Waals surface area contributed by atoms with Crippen molar-refractivity contribution in [1.82, 2.24) is 0 Å². The summed E-state index contributed by atoms with van der Waals surface area (Å²) in [6.07, 6.45) is 0. The molecule has 1 aromatic carbocycles. The second-order valence-corrected chi connectivity index (χ2v) is 2.77. The minimum absolute atomic E-state index is 0. The molecule has 3 nitrogen and oxygen atoms in total. The smallest absolute Gasteiger partial charge is 0.327 e. The highest BCUT2D eigenvalue weighted by atomic mass is 35.5. The lowest BCUT2D eigenvalue weighted by Crippen LogP contribution is -2.24. The molecule has 7 heteroatoms. The van der Waals surface area contributed by atoms with Gasteiger partial charge in [-0.1, -0.05) is 6.07 Å². The Morgan fingerprint density at radius 1 is 1.31 bits per heavy atom. The SMILES string of the molecule is COC(=O)[C@H](N)c1ccc(F)c(F)c1F.Cl. The maximum absolute atomic E-state index is 13.1. The van der Waals surface area contributed by atoms with E-state index in [0.29, 0.717) is 6.07 Å². The molecule has 90 valence electrons. The van der Waals surface area contributed by atoms with Crippen LogP contribution >= 0.6 is 12.4 Å². The van der Waals surface area contributed by atoms with Crippen LogP contribution in [0, 0.1) is 17.5 Å². The molecule has 2 N–H and O–H groups in total. The molecular formula is C9H9ClF3NO2. The third-order valence-electron chi connectivity index (χ3n) is 1.86. The molecule has 0 saturated heterocycles. The number of halogens is 4. The van der Waals surface area contributed by atoms with Gasteiger partial charge in [-0.2, -0.15) is 0 Å². The molecule has 0 unspecified atom stereocenters. The Hall–Kier alpha value is -1.27. The van der Waals surface area contributed by atoms with Crippen LogP contribution in [0.4, 0.5) is 13.2 Å². The van der Waals surface area contributed by atoms with Crippen molar-refractivity contribution in [1.29, 1.82) is 0 Å². The predicted molar refractivity (Wildman–Crippen MR) is 52.5 cm³/mol. The number of benzene rings is 1. The average Bonchev–Trinajstić information content (AvgIpc) is 2.24. The van der Waals surface area contributed by atoms with E-state index in [4.69, 9.17) is 5.73 Å². The van der Waals surface area contributed by atoms with Gasteiger partial charge in [-0.05, 0) is 6.07 Å². The fourth-order valence-electron chi connectivity index (χ4n) is 1.03. The second kappa shape index (κ2) is 5.72. The zero-order valence-electron chi connectivity index (χ0n) is 8.17. The fraction of sp³-hybridized carbons (Fsp3) is 0.222. The number of ether oxygens (including phenoxy) is 1. The van der Waals surface area contributed by atoms with Crippen LogP contribution in [0.15, 0.2) is 12.1 Å². The maximum Gasteiger partial charge on any atom is 0.327 e. The molecular weight excluding hydrogens is 247 g/mol. The lowest BCUT2D eigenvalue weighted by molar-refractivity contribution is -0.142. The fourth-order valence-corrected chi connectivity index (χ4v) is 1.03. The first-order valence-corrected chi connectivity index (χ1v) is 3.95. The van der Waals surface area contributed by atoms with Gasteiger partial charge < -0.3 is 10.5 Å². The molecule has 0 radical (unpaired) electrons. The number of carbonyl (C=O) groups is 1. The van der Waals surface area contributed by atoms with Gasteiger partial charge in [-0.3, -0.25) is 4.79 Å². The van der Waals surface area contributed by atoms with Crippen LogP contribution in [0.2, 0.25) is 0 Å². The van der Waals surface area contributed by atoms with Gasteiger partial charge in [0.05, 0.1) is 7.11 Å². The molecule has 16 heavy (non-hydrogen) atoms. The van der Waals surface area contributed by atoms with Crippen LogP contribution in [0.5, 0.6) is 0 Å². The quantitative estimate of drug-likeness (QED) is 0.646. The van der Waals surface area contributed by atoms with Crippen LogP contribution in [0.3, 0.4) is 0 Å². The van der Waals surface area contributed by atoms with Crippen LogP contribution in [0.1, 0.15) is 11.6 Å². The van der Waals surface area contributed by atoms with E-state index in [-0.39, 0.29) is 12.4 Å². The summed E-state index contributed by atoms with van der Waals surface area (Å²) in [6, 6.07) is 0.122. The van der Waals surface area contributed by atoms with Crippen LogP contribution in [0.25, 0.3) is 0 Å². The molecule has 0 saturated carbocycles. The molecule has 1 aromatic rings. The van der Waals surface area contributed by atoms with Crippen molar-refractivity contribution in [3.05, 3.63) is 35.1 Å². The number of hydrogen-bond donors (Lipinski definition) is 1. The molecule has 1 rings (SSSR count). The van der Waals surface area contributed by atoms with E-state index in [0.717, 1.165) is 13.2 Å². The highest BCUT2D eigenvalue weighted by molar-refractivity contribution is 5.85. The number of esters is 1. The summed E-state index contributed by atoms with van der Waals surface area (Å²) in [6.45, 7) is 0.